The number of nitrogens with two attached hydrogens (primary N) is 1. The van der Waals surface area contributed by atoms with Crippen molar-refractivity contribution in [3.63, 3.8) is 0 Å². The lowest BCUT2D eigenvalue weighted by molar-refractivity contribution is -0.387. The van der Waals surface area contributed by atoms with Crippen molar-refractivity contribution in [2.75, 3.05) is 10.5 Å². The van der Waals surface area contributed by atoms with E-state index in [9.17, 15) is 18.5 Å². The number of hydrogen-bond acceptors (Lipinski definition) is 7. The smallest absolute Gasteiger partial charge is 0.290 e. The average molecular weight is 295 g/mol. The maximum Gasteiger partial charge on any atom is 0.290 e. The molecule has 0 bridgehead atoms. The zero-order valence-electron chi connectivity index (χ0n) is 9.92. The summed E-state index contributed by atoms with van der Waals surface area (Å²) in [5.41, 5.74) is 5.10. The fourth-order valence-electron chi connectivity index (χ4n) is 1.46. The van der Waals surface area contributed by atoms with Crippen molar-refractivity contribution in [3.05, 3.63) is 47.0 Å². The van der Waals surface area contributed by atoms with Crippen LogP contribution in [0.5, 0.6) is 0 Å². The normalized spacial score (nSPS) is 11.0. The van der Waals surface area contributed by atoms with Gasteiger partial charge in [0.25, 0.3) is 15.7 Å². The molecule has 0 amide bonds. The molecule has 0 unspecified atom stereocenters. The van der Waals surface area contributed by atoms with Gasteiger partial charge in [0.1, 0.15) is 6.33 Å². The number of sulfonamides is 1. The van der Waals surface area contributed by atoms with Crippen LogP contribution in [-0.2, 0) is 10.0 Å². The number of anilines is 2. The predicted octanol–water partition coefficient (Wildman–Crippen LogP) is 0.768. The highest BCUT2D eigenvalue weighted by Crippen LogP contribution is 2.27. The summed E-state index contributed by atoms with van der Waals surface area (Å²) in [4.78, 5) is 16.8. The second-order valence-electron chi connectivity index (χ2n) is 3.72. The molecule has 1 aromatic carbocycles. The van der Waals surface area contributed by atoms with Gasteiger partial charge in [-0.25, -0.2) is 18.4 Å². The van der Waals surface area contributed by atoms with E-state index in [1.807, 2.05) is 0 Å². The molecular weight excluding hydrogens is 286 g/mol. The van der Waals surface area contributed by atoms with Gasteiger partial charge in [0.05, 0.1) is 23.0 Å². The van der Waals surface area contributed by atoms with Crippen molar-refractivity contribution in [2.24, 2.45) is 0 Å². The highest BCUT2D eigenvalue weighted by atomic mass is 32.2. The molecule has 0 saturated heterocycles. The summed E-state index contributed by atoms with van der Waals surface area (Å²) >= 11 is 0. The first kappa shape index (κ1) is 13.7. The number of nitro benzene ring substituents is 1. The standard InChI is InChI=1S/C10H9N5O4S/c11-7-1-2-9(15(16)17)10(3-7)20(18,19)14-8-4-12-6-13-5-8/h1-6,14H,11H2. The molecule has 0 saturated carbocycles. The molecule has 2 aromatic rings. The topological polar surface area (TPSA) is 141 Å². The van der Waals surface area contributed by atoms with E-state index in [2.05, 4.69) is 14.7 Å². The summed E-state index contributed by atoms with van der Waals surface area (Å²) in [5.74, 6) is 0. The number of nitrogen functional groups attached to an aromatic ring is 1. The van der Waals surface area contributed by atoms with Crippen LogP contribution in [0.2, 0.25) is 0 Å². The molecule has 0 spiro atoms. The zero-order chi connectivity index (χ0) is 14.8. The van der Waals surface area contributed by atoms with Crippen molar-refractivity contribution in [1.29, 1.82) is 0 Å². The monoisotopic (exact) mass is 295 g/mol. The Labute approximate surface area is 113 Å². The molecule has 0 radical (unpaired) electrons. The number of nitro groups is 1. The molecule has 0 aliphatic rings. The second kappa shape index (κ2) is 5.09. The largest absolute Gasteiger partial charge is 0.399 e. The third-order valence-electron chi connectivity index (χ3n) is 2.28. The first-order valence-electron chi connectivity index (χ1n) is 5.22. The molecule has 10 heteroatoms. The number of rotatable bonds is 4. The Morgan fingerprint density at radius 1 is 1.25 bits per heavy atom. The van der Waals surface area contributed by atoms with Gasteiger partial charge in [-0.1, -0.05) is 0 Å². The lowest BCUT2D eigenvalue weighted by Gasteiger charge is -2.08. The molecule has 3 N–H and O–H groups in total. The van der Waals surface area contributed by atoms with Gasteiger partial charge >= 0.3 is 0 Å². The number of nitrogens with one attached hydrogen (secondary N) is 1. The van der Waals surface area contributed by atoms with E-state index in [-0.39, 0.29) is 11.4 Å². The number of aromatic nitrogens is 2. The SMILES string of the molecule is Nc1ccc([N+](=O)[O-])c(S(=O)(=O)Nc2cncnc2)c1. The highest BCUT2D eigenvalue weighted by molar-refractivity contribution is 7.92. The van der Waals surface area contributed by atoms with Crippen LogP contribution < -0.4 is 10.5 Å². The van der Waals surface area contributed by atoms with E-state index in [4.69, 9.17) is 5.73 Å². The van der Waals surface area contributed by atoms with Gasteiger partial charge in [-0.05, 0) is 12.1 Å². The second-order valence-corrected chi connectivity index (χ2v) is 5.37. The minimum absolute atomic E-state index is 0.0872. The van der Waals surface area contributed by atoms with E-state index >= 15 is 0 Å². The Kier molecular flexibility index (Phi) is 3.48. The van der Waals surface area contributed by atoms with Gasteiger partial charge in [0.15, 0.2) is 4.90 Å². The molecular formula is C10H9N5O4S. The minimum atomic E-state index is -4.16. The van der Waals surface area contributed by atoms with Crippen LogP contribution in [0.1, 0.15) is 0 Å². The number of hydrogen-bond donors (Lipinski definition) is 2. The number of benzene rings is 1. The Morgan fingerprint density at radius 3 is 2.50 bits per heavy atom. The van der Waals surface area contributed by atoms with Crippen LogP contribution in [0.25, 0.3) is 0 Å². The molecule has 0 fully saturated rings. The Balaban J connectivity index is 2.49. The molecule has 0 aliphatic carbocycles. The van der Waals surface area contributed by atoms with Crippen molar-refractivity contribution >= 4 is 27.1 Å². The quantitative estimate of drug-likeness (QED) is 0.482. The van der Waals surface area contributed by atoms with Crippen molar-refractivity contribution in [2.45, 2.75) is 4.90 Å². The fourth-order valence-corrected chi connectivity index (χ4v) is 2.69. The molecule has 104 valence electrons. The Morgan fingerprint density at radius 2 is 1.90 bits per heavy atom. The van der Waals surface area contributed by atoms with E-state index in [0.29, 0.717) is 0 Å². The van der Waals surface area contributed by atoms with Gasteiger partial charge in [-0.3, -0.25) is 14.8 Å². The molecule has 1 heterocycles. The van der Waals surface area contributed by atoms with Crippen LogP contribution in [0, 0.1) is 10.1 Å². The van der Waals surface area contributed by atoms with Gasteiger partial charge in [0, 0.05) is 11.8 Å². The zero-order valence-corrected chi connectivity index (χ0v) is 10.7. The summed E-state index contributed by atoms with van der Waals surface area (Å²) in [6, 6.07) is 3.30. The molecule has 9 nitrogen and oxygen atoms in total. The van der Waals surface area contributed by atoms with E-state index in [1.54, 1.807) is 0 Å². The minimum Gasteiger partial charge on any atom is -0.399 e. The Bertz CT molecular complexity index is 747. The fraction of sp³-hybridized carbons (Fsp3) is 0. The molecule has 0 aliphatic heterocycles. The third kappa shape index (κ3) is 2.80. The van der Waals surface area contributed by atoms with Crippen LogP contribution in [0.4, 0.5) is 17.1 Å². The lowest BCUT2D eigenvalue weighted by atomic mass is 10.3. The van der Waals surface area contributed by atoms with Crippen molar-refractivity contribution in [1.82, 2.24) is 9.97 Å². The molecule has 0 atom stereocenters. The molecule has 1 aromatic heterocycles. The maximum atomic E-state index is 12.2. The van der Waals surface area contributed by atoms with Gasteiger partial charge in [0.2, 0.25) is 0 Å². The van der Waals surface area contributed by atoms with Gasteiger partial charge in [-0.15, -0.1) is 0 Å². The maximum absolute atomic E-state index is 12.2. The summed E-state index contributed by atoms with van der Waals surface area (Å²) in [6.45, 7) is 0. The van der Waals surface area contributed by atoms with E-state index < -0.39 is 25.5 Å². The van der Waals surface area contributed by atoms with Crippen LogP contribution in [0.15, 0.2) is 41.8 Å². The average Bonchev–Trinajstić information content (AvgIpc) is 2.39. The first-order valence-corrected chi connectivity index (χ1v) is 6.70. The summed E-state index contributed by atoms with van der Waals surface area (Å²) in [5, 5.41) is 10.9. The number of nitrogens with zero attached hydrogens (tertiary/aromatic N) is 3. The lowest BCUT2D eigenvalue weighted by Crippen LogP contribution is -2.15. The third-order valence-corrected chi connectivity index (χ3v) is 3.69. The van der Waals surface area contributed by atoms with Gasteiger partial charge < -0.3 is 5.73 Å². The molecule has 2 rings (SSSR count). The van der Waals surface area contributed by atoms with E-state index in [1.165, 1.54) is 24.8 Å². The predicted molar refractivity (Wildman–Crippen MR) is 70.3 cm³/mol. The first-order chi connectivity index (χ1) is 9.40. The van der Waals surface area contributed by atoms with E-state index in [0.717, 1.165) is 12.1 Å². The molecule has 20 heavy (non-hydrogen) atoms. The van der Waals surface area contributed by atoms with Crippen LogP contribution in [-0.4, -0.2) is 23.3 Å². The highest BCUT2D eigenvalue weighted by Gasteiger charge is 2.26. The summed E-state index contributed by atoms with van der Waals surface area (Å²) < 4.78 is 26.4. The Hall–Kier alpha value is -2.75. The van der Waals surface area contributed by atoms with Crippen molar-refractivity contribution < 1.29 is 13.3 Å². The van der Waals surface area contributed by atoms with Crippen molar-refractivity contribution in [3.8, 4) is 0 Å². The van der Waals surface area contributed by atoms with Crippen LogP contribution in [0.3, 0.4) is 0 Å². The van der Waals surface area contributed by atoms with Gasteiger partial charge in [-0.2, -0.15) is 0 Å². The summed E-state index contributed by atoms with van der Waals surface area (Å²) in [7, 11) is -4.16. The summed E-state index contributed by atoms with van der Waals surface area (Å²) in [6.07, 6.45) is 3.67. The van der Waals surface area contributed by atoms with Crippen LogP contribution >= 0.6 is 0 Å².